The molecule has 0 aliphatic rings. The second-order valence-corrected chi connectivity index (χ2v) is 4.83. The summed E-state index contributed by atoms with van der Waals surface area (Å²) in [6.45, 7) is 4.62. The molecule has 0 aliphatic heterocycles. The average molecular weight is 245 g/mol. The monoisotopic (exact) mass is 245 g/mol. The van der Waals surface area contributed by atoms with Crippen LogP contribution in [-0.4, -0.2) is 31.9 Å². The number of methoxy groups -OCH3 is 2. The lowest BCUT2D eigenvalue weighted by atomic mass is 10.2. The molecule has 0 amide bonds. The molecule has 0 aromatic carbocycles. The van der Waals surface area contributed by atoms with Gasteiger partial charge in [-0.15, -0.1) is 0 Å². The van der Waals surface area contributed by atoms with Crippen LogP contribution in [0.5, 0.6) is 10.8 Å². The zero-order valence-electron chi connectivity index (χ0n) is 10.1. The number of thiophene rings is 1. The molecule has 1 unspecified atom stereocenters. The third kappa shape index (κ3) is 3.37. The minimum atomic E-state index is -0.523. The van der Waals surface area contributed by atoms with E-state index in [1.165, 1.54) is 11.3 Å². The normalized spacial score (nSPS) is 12.9. The lowest BCUT2D eigenvalue weighted by Gasteiger charge is -2.12. The molecule has 0 bridgehead atoms. The predicted molar refractivity (Wildman–Crippen MR) is 65.5 cm³/mol. The van der Waals surface area contributed by atoms with Gasteiger partial charge in [-0.05, 0) is 0 Å². The Morgan fingerprint density at radius 2 is 2.06 bits per heavy atom. The van der Waals surface area contributed by atoms with Crippen LogP contribution >= 0.6 is 11.3 Å². The van der Waals surface area contributed by atoms with Crippen LogP contribution in [0, 0.1) is 0 Å². The average Bonchev–Trinajstić information content (AvgIpc) is 2.68. The van der Waals surface area contributed by atoms with E-state index in [2.05, 4.69) is 5.32 Å². The van der Waals surface area contributed by atoms with E-state index >= 15 is 0 Å². The second-order valence-electron chi connectivity index (χ2n) is 3.79. The summed E-state index contributed by atoms with van der Waals surface area (Å²) in [5.41, 5.74) is 0. The lowest BCUT2D eigenvalue weighted by Crippen LogP contribution is -2.27. The number of hydrogen-bond acceptors (Lipinski definition) is 5. The number of aliphatic hydroxyl groups excluding tert-OH is 1. The Bertz CT molecular complexity index is 304. The van der Waals surface area contributed by atoms with E-state index in [1.807, 2.05) is 19.9 Å². The van der Waals surface area contributed by atoms with E-state index in [1.54, 1.807) is 14.2 Å². The van der Waals surface area contributed by atoms with E-state index < -0.39 is 6.10 Å². The van der Waals surface area contributed by atoms with Crippen LogP contribution < -0.4 is 14.8 Å². The Morgan fingerprint density at radius 1 is 1.38 bits per heavy atom. The van der Waals surface area contributed by atoms with Crippen LogP contribution in [-0.2, 0) is 0 Å². The minimum Gasteiger partial charge on any atom is -0.492 e. The molecule has 1 aromatic rings. The van der Waals surface area contributed by atoms with Gasteiger partial charge in [0.1, 0.15) is 6.10 Å². The standard InChI is InChI=1S/C11H19NO3S/c1-7(2)12-6-8(13)10-5-9(14-3)11(15-4)16-10/h5,7-8,12-13H,6H2,1-4H3. The third-order valence-corrected chi connectivity index (χ3v) is 3.32. The van der Waals surface area contributed by atoms with Gasteiger partial charge in [-0.2, -0.15) is 0 Å². The van der Waals surface area contributed by atoms with Gasteiger partial charge in [0.05, 0.1) is 14.2 Å². The fraction of sp³-hybridized carbons (Fsp3) is 0.636. The molecule has 0 radical (unpaired) electrons. The summed E-state index contributed by atoms with van der Waals surface area (Å²) in [4.78, 5) is 0.849. The molecule has 0 aliphatic carbocycles. The van der Waals surface area contributed by atoms with Gasteiger partial charge in [0.15, 0.2) is 5.75 Å². The van der Waals surface area contributed by atoms with Crippen LogP contribution in [0.4, 0.5) is 0 Å². The SMILES string of the molecule is COc1cc(C(O)CNC(C)C)sc1OC. The maximum absolute atomic E-state index is 9.94. The maximum Gasteiger partial charge on any atom is 0.217 e. The van der Waals surface area contributed by atoms with Crippen molar-refractivity contribution >= 4 is 11.3 Å². The van der Waals surface area contributed by atoms with Crippen molar-refractivity contribution in [1.29, 1.82) is 0 Å². The van der Waals surface area contributed by atoms with Crippen LogP contribution in [0.1, 0.15) is 24.8 Å². The molecule has 0 saturated heterocycles. The van der Waals surface area contributed by atoms with Crippen molar-refractivity contribution in [2.75, 3.05) is 20.8 Å². The number of nitrogens with one attached hydrogen (secondary N) is 1. The molecule has 2 N–H and O–H groups in total. The molecule has 1 rings (SSSR count). The number of aliphatic hydroxyl groups is 1. The van der Waals surface area contributed by atoms with E-state index in [-0.39, 0.29) is 0 Å². The highest BCUT2D eigenvalue weighted by Crippen LogP contribution is 2.39. The zero-order chi connectivity index (χ0) is 12.1. The van der Waals surface area contributed by atoms with Gasteiger partial charge in [0, 0.05) is 23.5 Å². The quantitative estimate of drug-likeness (QED) is 0.802. The van der Waals surface area contributed by atoms with Crippen molar-refractivity contribution in [2.45, 2.75) is 26.0 Å². The van der Waals surface area contributed by atoms with Crippen molar-refractivity contribution < 1.29 is 14.6 Å². The number of rotatable bonds is 6. The molecule has 92 valence electrons. The molecular formula is C11H19NO3S. The third-order valence-electron chi connectivity index (χ3n) is 2.14. The van der Waals surface area contributed by atoms with Gasteiger partial charge in [0.25, 0.3) is 0 Å². The molecular weight excluding hydrogens is 226 g/mol. The topological polar surface area (TPSA) is 50.7 Å². The van der Waals surface area contributed by atoms with E-state index in [0.717, 1.165) is 4.88 Å². The van der Waals surface area contributed by atoms with Gasteiger partial charge in [-0.3, -0.25) is 0 Å². The molecule has 1 atom stereocenters. The smallest absolute Gasteiger partial charge is 0.217 e. The first-order valence-electron chi connectivity index (χ1n) is 5.21. The molecule has 1 heterocycles. The fourth-order valence-corrected chi connectivity index (χ4v) is 2.20. The summed E-state index contributed by atoms with van der Waals surface area (Å²) in [7, 11) is 3.18. The van der Waals surface area contributed by atoms with Crippen molar-refractivity contribution in [2.24, 2.45) is 0 Å². The Hall–Kier alpha value is -0.780. The molecule has 0 fully saturated rings. The highest BCUT2D eigenvalue weighted by Gasteiger charge is 2.16. The second kappa shape index (κ2) is 6.08. The Balaban J connectivity index is 2.68. The first-order valence-corrected chi connectivity index (χ1v) is 6.03. The Kier molecular flexibility index (Phi) is 5.05. The Morgan fingerprint density at radius 3 is 2.50 bits per heavy atom. The minimum absolute atomic E-state index is 0.360. The van der Waals surface area contributed by atoms with Crippen LogP contribution in [0.3, 0.4) is 0 Å². The summed E-state index contributed by atoms with van der Waals surface area (Å²) in [6, 6.07) is 2.18. The summed E-state index contributed by atoms with van der Waals surface area (Å²) >= 11 is 1.41. The lowest BCUT2D eigenvalue weighted by molar-refractivity contribution is 0.175. The highest BCUT2D eigenvalue weighted by molar-refractivity contribution is 7.14. The summed E-state index contributed by atoms with van der Waals surface area (Å²) in [6.07, 6.45) is -0.523. The van der Waals surface area contributed by atoms with Gasteiger partial charge in [-0.25, -0.2) is 0 Å². The summed E-state index contributed by atoms with van der Waals surface area (Å²) in [5.74, 6) is 0.672. The van der Waals surface area contributed by atoms with Crippen molar-refractivity contribution in [3.63, 3.8) is 0 Å². The molecule has 5 heteroatoms. The molecule has 0 spiro atoms. The zero-order valence-corrected chi connectivity index (χ0v) is 10.9. The summed E-state index contributed by atoms with van der Waals surface area (Å²) < 4.78 is 10.3. The highest BCUT2D eigenvalue weighted by atomic mass is 32.1. The first-order chi connectivity index (χ1) is 7.58. The number of ether oxygens (including phenoxy) is 2. The molecule has 1 aromatic heterocycles. The first kappa shape index (κ1) is 13.3. The van der Waals surface area contributed by atoms with Gasteiger partial charge in [0.2, 0.25) is 5.06 Å². The van der Waals surface area contributed by atoms with Gasteiger partial charge >= 0.3 is 0 Å². The largest absolute Gasteiger partial charge is 0.492 e. The van der Waals surface area contributed by atoms with E-state index in [9.17, 15) is 5.11 Å². The van der Waals surface area contributed by atoms with E-state index in [4.69, 9.17) is 9.47 Å². The Labute approximate surface area is 100 Å². The van der Waals surface area contributed by atoms with Crippen LogP contribution in [0.25, 0.3) is 0 Å². The molecule has 16 heavy (non-hydrogen) atoms. The van der Waals surface area contributed by atoms with Crippen molar-refractivity contribution in [1.82, 2.24) is 5.32 Å². The molecule has 0 saturated carbocycles. The van der Waals surface area contributed by atoms with Crippen molar-refractivity contribution in [3.8, 4) is 10.8 Å². The van der Waals surface area contributed by atoms with Gasteiger partial charge in [-0.1, -0.05) is 25.2 Å². The maximum atomic E-state index is 9.94. The van der Waals surface area contributed by atoms with E-state index in [0.29, 0.717) is 23.4 Å². The van der Waals surface area contributed by atoms with Crippen LogP contribution in [0.2, 0.25) is 0 Å². The van der Waals surface area contributed by atoms with Crippen molar-refractivity contribution in [3.05, 3.63) is 10.9 Å². The van der Waals surface area contributed by atoms with Crippen LogP contribution in [0.15, 0.2) is 6.07 Å². The summed E-state index contributed by atoms with van der Waals surface area (Å²) in [5, 5.41) is 13.8. The number of hydrogen-bond donors (Lipinski definition) is 2. The molecule has 4 nitrogen and oxygen atoms in total. The fourth-order valence-electron chi connectivity index (χ4n) is 1.27. The van der Waals surface area contributed by atoms with Gasteiger partial charge < -0.3 is 19.9 Å². The predicted octanol–water partition coefficient (Wildman–Crippen LogP) is 1.80.